The van der Waals surface area contributed by atoms with E-state index >= 15 is 0 Å². The summed E-state index contributed by atoms with van der Waals surface area (Å²) >= 11 is 0. The summed E-state index contributed by atoms with van der Waals surface area (Å²) in [6.45, 7) is 8.75. The van der Waals surface area contributed by atoms with E-state index in [1.165, 1.54) is 0 Å². The summed E-state index contributed by atoms with van der Waals surface area (Å²) in [4.78, 5) is 16.2. The predicted molar refractivity (Wildman–Crippen MR) is 84.5 cm³/mol. The van der Waals surface area contributed by atoms with Gasteiger partial charge in [0, 0.05) is 38.6 Å². The Morgan fingerprint density at radius 3 is 2.41 bits per heavy atom. The molecule has 1 amide bonds. The number of carbonyl (C=O) groups excluding carboxylic acids is 1. The highest BCUT2D eigenvalue weighted by molar-refractivity contribution is 5.78. The van der Waals surface area contributed by atoms with Gasteiger partial charge in [-0.1, -0.05) is 13.8 Å². The fraction of sp³-hybridized carbons (Fsp3) is 0.529. The third-order valence-corrected chi connectivity index (χ3v) is 3.84. The number of nitrogens with zero attached hydrogens (tertiary/aromatic N) is 3. The molecule has 1 saturated heterocycles. The number of amides is 1. The van der Waals surface area contributed by atoms with Gasteiger partial charge in [-0.25, -0.2) is 0 Å². The Kier molecular flexibility index (Phi) is 5.79. The molecule has 0 aromatic heterocycles. The zero-order chi connectivity index (χ0) is 15.9. The number of benzene rings is 1. The molecule has 1 aromatic carbocycles. The average molecular weight is 301 g/mol. The van der Waals surface area contributed by atoms with Gasteiger partial charge in [-0.3, -0.25) is 9.69 Å². The van der Waals surface area contributed by atoms with Crippen molar-refractivity contribution in [1.82, 2.24) is 9.80 Å². The minimum Gasteiger partial charge on any atom is -0.492 e. The zero-order valence-electron chi connectivity index (χ0n) is 13.3. The Morgan fingerprint density at radius 1 is 1.23 bits per heavy atom. The van der Waals surface area contributed by atoms with Crippen LogP contribution in [0.5, 0.6) is 5.75 Å². The molecule has 0 atom stereocenters. The minimum absolute atomic E-state index is 0.0752. The lowest BCUT2D eigenvalue weighted by atomic mass is 10.1. The van der Waals surface area contributed by atoms with Gasteiger partial charge in [0.15, 0.2) is 0 Å². The van der Waals surface area contributed by atoms with Crippen LogP contribution in [0.1, 0.15) is 19.4 Å². The Balaban J connectivity index is 1.68. The van der Waals surface area contributed by atoms with Gasteiger partial charge in [0.25, 0.3) is 0 Å². The molecule has 0 bridgehead atoms. The molecule has 2 rings (SSSR count). The van der Waals surface area contributed by atoms with Crippen LogP contribution in [-0.4, -0.2) is 55.0 Å². The molecule has 0 spiro atoms. The lowest BCUT2D eigenvalue weighted by molar-refractivity contribution is -0.136. The maximum absolute atomic E-state index is 11.9. The molecular formula is C17H23N3O2. The molecule has 0 aliphatic carbocycles. The monoisotopic (exact) mass is 301 g/mol. The lowest BCUT2D eigenvalue weighted by Gasteiger charge is -2.35. The first kappa shape index (κ1) is 16.3. The van der Waals surface area contributed by atoms with Crippen LogP contribution in [0.4, 0.5) is 0 Å². The molecule has 118 valence electrons. The smallest absolute Gasteiger partial charge is 0.225 e. The van der Waals surface area contributed by atoms with Crippen LogP contribution < -0.4 is 4.74 Å². The van der Waals surface area contributed by atoms with E-state index in [9.17, 15) is 4.79 Å². The van der Waals surface area contributed by atoms with Crippen molar-refractivity contribution in [1.29, 1.82) is 5.26 Å². The van der Waals surface area contributed by atoms with E-state index in [4.69, 9.17) is 10.00 Å². The third-order valence-electron chi connectivity index (χ3n) is 3.84. The minimum atomic E-state index is 0.0752. The average Bonchev–Trinajstić information content (AvgIpc) is 2.55. The van der Waals surface area contributed by atoms with Crippen LogP contribution in [0.25, 0.3) is 0 Å². The van der Waals surface area contributed by atoms with E-state index in [2.05, 4.69) is 11.0 Å². The van der Waals surface area contributed by atoms with Gasteiger partial charge < -0.3 is 9.64 Å². The molecule has 0 N–H and O–H groups in total. The Morgan fingerprint density at radius 2 is 1.86 bits per heavy atom. The second-order valence-electron chi connectivity index (χ2n) is 5.81. The molecule has 1 aliphatic rings. The molecule has 0 unspecified atom stereocenters. The second-order valence-corrected chi connectivity index (χ2v) is 5.81. The summed E-state index contributed by atoms with van der Waals surface area (Å²) in [6, 6.07) is 9.23. The van der Waals surface area contributed by atoms with Crippen molar-refractivity contribution in [3.63, 3.8) is 0 Å². The van der Waals surface area contributed by atoms with Gasteiger partial charge in [0.05, 0.1) is 11.6 Å². The van der Waals surface area contributed by atoms with Crippen LogP contribution in [-0.2, 0) is 4.79 Å². The van der Waals surface area contributed by atoms with Gasteiger partial charge >= 0.3 is 0 Å². The lowest BCUT2D eigenvalue weighted by Crippen LogP contribution is -2.50. The second kappa shape index (κ2) is 7.81. The summed E-state index contributed by atoms with van der Waals surface area (Å²) in [5.74, 6) is 1.10. The fourth-order valence-electron chi connectivity index (χ4n) is 2.48. The molecule has 1 fully saturated rings. The molecule has 1 aromatic rings. The SMILES string of the molecule is CC(C)C(=O)N1CCN(CCOc2ccc(C#N)cc2)CC1. The van der Waals surface area contributed by atoms with E-state index < -0.39 is 0 Å². The molecule has 5 nitrogen and oxygen atoms in total. The number of hydrogen-bond donors (Lipinski definition) is 0. The Labute approximate surface area is 132 Å². The van der Waals surface area contributed by atoms with Gasteiger partial charge in [0.1, 0.15) is 12.4 Å². The highest BCUT2D eigenvalue weighted by Gasteiger charge is 2.22. The van der Waals surface area contributed by atoms with E-state index in [1.54, 1.807) is 12.1 Å². The zero-order valence-corrected chi connectivity index (χ0v) is 13.3. The van der Waals surface area contributed by atoms with E-state index in [1.807, 2.05) is 30.9 Å². The van der Waals surface area contributed by atoms with Crippen LogP contribution >= 0.6 is 0 Å². The summed E-state index contributed by atoms with van der Waals surface area (Å²) in [6.07, 6.45) is 0. The van der Waals surface area contributed by atoms with Gasteiger partial charge in [-0.2, -0.15) is 5.26 Å². The number of piperazine rings is 1. The Hall–Kier alpha value is -2.06. The molecule has 0 radical (unpaired) electrons. The van der Waals surface area contributed by atoms with Crippen LogP contribution in [0.15, 0.2) is 24.3 Å². The van der Waals surface area contributed by atoms with E-state index in [-0.39, 0.29) is 11.8 Å². The first-order valence-corrected chi connectivity index (χ1v) is 7.74. The standard InChI is InChI=1S/C17H23N3O2/c1-14(2)17(21)20-9-7-19(8-10-20)11-12-22-16-5-3-15(13-18)4-6-16/h3-6,14H,7-12H2,1-2H3. The number of ether oxygens (including phenoxy) is 1. The normalized spacial score (nSPS) is 15.6. The first-order chi connectivity index (χ1) is 10.6. The van der Waals surface area contributed by atoms with Gasteiger partial charge in [-0.05, 0) is 24.3 Å². The first-order valence-electron chi connectivity index (χ1n) is 7.74. The molecule has 5 heteroatoms. The van der Waals surface area contributed by atoms with Crippen LogP contribution in [0.3, 0.4) is 0 Å². The van der Waals surface area contributed by atoms with Crippen molar-refractivity contribution < 1.29 is 9.53 Å². The third kappa shape index (κ3) is 4.47. The maximum Gasteiger partial charge on any atom is 0.225 e. The summed E-state index contributed by atoms with van der Waals surface area (Å²) < 4.78 is 5.69. The van der Waals surface area contributed by atoms with Crippen LogP contribution in [0.2, 0.25) is 0 Å². The molecular weight excluding hydrogens is 278 g/mol. The number of rotatable bonds is 5. The molecule has 0 saturated carbocycles. The fourth-order valence-corrected chi connectivity index (χ4v) is 2.48. The highest BCUT2D eigenvalue weighted by Crippen LogP contribution is 2.12. The molecule has 1 aliphatic heterocycles. The number of hydrogen-bond acceptors (Lipinski definition) is 4. The number of carbonyl (C=O) groups is 1. The summed E-state index contributed by atoms with van der Waals surface area (Å²) in [5.41, 5.74) is 0.637. The summed E-state index contributed by atoms with van der Waals surface area (Å²) in [5, 5.41) is 8.74. The van der Waals surface area contributed by atoms with Crippen molar-refractivity contribution in [2.75, 3.05) is 39.3 Å². The largest absolute Gasteiger partial charge is 0.492 e. The molecule has 1 heterocycles. The predicted octanol–water partition coefficient (Wildman–Crippen LogP) is 1.74. The van der Waals surface area contributed by atoms with E-state index in [0.29, 0.717) is 12.2 Å². The topological polar surface area (TPSA) is 56.6 Å². The van der Waals surface area contributed by atoms with Crippen molar-refractivity contribution in [3.05, 3.63) is 29.8 Å². The van der Waals surface area contributed by atoms with Crippen molar-refractivity contribution in [2.45, 2.75) is 13.8 Å². The van der Waals surface area contributed by atoms with Gasteiger partial charge in [0.2, 0.25) is 5.91 Å². The van der Waals surface area contributed by atoms with E-state index in [0.717, 1.165) is 38.5 Å². The number of nitriles is 1. The van der Waals surface area contributed by atoms with Gasteiger partial charge in [-0.15, -0.1) is 0 Å². The Bertz CT molecular complexity index is 526. The highest BCUT2D eigenvalue weighted by atomic mass is 16.5. The maximum atomic E-state index is 11.9. The van der Waals surface area contributed by atoms with Crippen molar-refractivity contribution >= 4 is 5.91 Å². The summed E-state index contributed by atoms with van der Waals surface area (Å²) in [7, 11) is 0. The van der Waals surface area contributed by atoms with Crippen molar-refractivity contribution in [3.8, 4) is 11.8 Å². The quantitative estimate of drug-likeness (QED) is 0.831. The van der Waals surface area contributed by atoms with Crippen LogP contribution in [0, 0.1) is 17.2 Å². The van der Waals surface area contributed by atoms with Crippen molar-refractivity contribution in [2.24, 2.45) is 5.92 Å². The molecule has 22 heavy (non-hydrogen) atoms.